The molecule has 4 aromatic rings. The average molecular weight is 376 g/mol. The maximum atomic E-state index is 12.8. The van der Waals surface area contributed by atoms with Gasteiger partial charge in [-0.25, -0.2) is 9.97 Å². The molecule has 0 saturated carbocycles. The fourth-order valence-corrected chi connectivity index (χ4v) is 3.13. The van der Waals surface area contributed by atoms with E-state index in [2.05, 4.69) is 20.3 Å². The lowest BCUT2D eigenvalue weighted by Gasteiger charge is -2.03. The summed E-state index contributed by atoms with van der Waals surface area (Å²) in [6, 6.07) is 14.5. The Balaban J connectivity index is 1.78. The number of benzene rings is 2. The van der Waals surface area contributed by atoms with E-state index in [1.165, 1.54) is 11.3 Å². The molecule has 7 nitrogen and oxygen atoms in total. The van der Waals surface area contributed by atoms with E-state index in [1.54, 1.807) is 35.8 Å². The van der Waals surface area contributed by atoms with Crippen molar-refractivity contribution in [3.8, 4) is 22.6 Å². The molecule has 2 aromatic carbocycles. The van der Waals surface area contributed by atoms with Crippen molar-refractivity contribution in [1.82, 2.24) is 15.0 Å². The van der Waals surface area contributed by atoms with Crippen molar-refractivity contribution in [2.75, 3.05) is 16.8 Å². The van der Waals surface area contributed by atoms with Gasteiger partial charge in [0.05, 0.1) is 0 Å². The van der Waals surface area contributed by atoms with Gasteiger partial charge in [-0.05, 0) is 36.4 Å². The number of H-pyrrole nitrogens is 1. The highest BCUT2D eigenvalue weighted by Gasteiger charge is 2.20. The molecule has 0 atom stereocenters. The summed E-state index contributed by atoms with van der Waals surface area (Å²) in [5.41, 5.74) is 15.3. The van der Waals surface area contributed by atoms with Crippen LogP contribution in [-0.2, 0) is 0 Å². The summed E-state index contributed by atoms with van der Waals surface area (Å²) < 4.78 is 0. The molecule has 0 radical (unpaired) electrons. The Labute approximate surface area is 159 Å². The number of hydrogen-bond acceptors (Lipinski definition) is 6. The lowest BCUT2D eigenvalue weighted by molar-refractivity contribution is 0.102. The molecule has 0 spiro atoms. The highest BCUT2D eigenvalue weighted by Crippen LogP contribution is 2.28. The first-order valence-corrected chi connectivity index (χ1v) is 9.01. The van der Waals surface area contributed by atoms with Crippen molar-refractivity contribution < 1.29 is 4.79 Å². The molecule has 134 valence electrons. The Morgan fingerprint density at radius 1 is 0.963 bits per heavy atom. The summed E-state index contributed by atoms with van der Waals surface area (Å²) in [6.07, 6.45) is 1.63. The lowest BCUT2D eigenvalue weighted by Crippen LogP contribution is -2.13. The van der Waals surface area contributed by atoms with Gasteiger partial charge < -0.3 is 16.5 Å². The van der Waals surface area contributed by atoms with Crippen molar-refractivity contribution >= 4 is 33.8 Å². The number of nitrogens with two attached hydrogens (primary N) is 2. The average Bonchev–Trinajstić information content (AvgIpc) is 3.33. The summed E-state index contributed by atoms with van der Waals surface area (Å²) in [7, 11) is 0. The minimum Gasteiger partial charge on any atom is -0.399 e. The molecule has 0 unspecified atom stereocenters. The van der Waals surface area contributed by atoms with Gasteiger partial charge in [0.1, 0.15) is 17.2 Å². The zero-order valence-electron chi connectivity index (χ0n) is 14.1. The Morgan fingerprint density at radius 3 is 2.19 bits per heavy atom. The van der Waals surface area contributed by atoms with Crippen molar-refractivity contribution in [3.05, 3.63) is 65.8 Å². The van der Waals surface area contributed by atoms with Crippen LogP contribution < -0.4 is 16.8 Å². The molecule has 0 fully saturated rings. The van der Waals surface area contributed by atoms with Crippen LogP contribution in [0.5, 0.6) is 0 Å². The van der Waals surface area contributed by atoms with E-state index in [1.807, 2.05) is 24.3 Å². The fourth-order valence-electron chi connectivity index (χ4n) is 2.61. The van der Waals surface area contributed by atoms with Gasteiger partial charge in [0.25, 0.3) is 5.91 Å². The Hall–Kier alpha value is -3.65. The molecule has 0 aliphatic heterocycles. The number of aromatic nitrogens is 3. The first kappa shape index (κ1) is 16.8. The van der Waals surface area contributed by atoms with E-state index in [0.717, 1.165) is 11.1 Å². The maximum absolute atomic E-state index is 12.8. The number of aromatic amines is 1. The standard InChI is InChI=1S/C19H16N6OS/c20-13-5-1-11(2-6-13)15-16(18(26)25-19-22-9-10-27-19)24-17(23-15)12-3-7-14(21)8-4-12/h1-10H,20-21H2,(H,23,24)(H,22,25,26). The van der Waals surface area contributed by atoms with Gasteiger partial charge >= 0.3 is 0 Å². The van der Waals surface area contributed by atoms with E-state index < -0.39 is 0 Å². The molecule has 2 aromatic heterocycles. The van der Waals surface area contributed by atoms with Crippen LogP contribution in [0.15, 0.2) is 60.1 Å². The number of rotatable bonds is 4. The predicted molar refractivity (Wildman–Crippen MR) is 108 cm³/mol. The van der Waals surface area contributed by atoms with E-state index in [9.17, 15) is 4.79 Å². The number of thiazole rings is 1. The van der Waals surface area contributed by atoms with Crippen molar-refractivity contribution in [2.24, 2.45) is 0 Å². The van der Waals surface area contributed by atoms with Gasteiger partial charge in [0, 0.05) is 34.1 Å². The van der Waals surface area contributed by atoms with Gasteiger partial charge in [-0.1, -0.05) is 12.1 Å². The lowest BCUT2D eigenvalue weighted by atomic mass is 10.1. The van der Waals surface area contributed by atoms with Crippen molar-refractivity contribution in [1.29, 1.82) is 0 Å². The highest BCUT2D eigenvalue weighted by molar-refractivity contribution is 7.13. The molecule has 0 saturated heterocycles. The fraction of sp³-hybridized carbons (Fsp3) is 0. The molecule has 1 amide bonds. The van der Waals surface area contributed by atoms with E-state index in [0.29, 0.717) is 33.7 Å². The smallest absolute Gasteiger partial charge is 0.276 e. The number of hydrogen-bond donors (Lipinski definition) is 4. The maximum Gasteiger partial charge on any atom is 0.276 e. The summed E-state index contributed by atoms with van der Waals surface area (Å²) >= 11 is 1.35. The predicted octanol–water partition coefficient (Wildman–Crippen LogP) is 3.62. The molecule has 4 rings (SSSR count). The molecule has 6 N–H and O–H groups in total. The van der Waals surface area contributed by atoms with Gasteiger partial charge in [-0.3, -0.25) is 10.1 Å². The number of nitrogens with zero attached hydrogens (tertiary/aromatic N) is 2. The number of imidazole rings is 1. The second-order valence-corrected chi connectivity index (χ2v) is 6.74. The third kappa shape index (κ3) is 3.51. The number of nitrogen functional groups attached to an aromatic ring is 2. The SMILES string of the molecule is Nc1ccc(-c2nc(-c3ccc(N)cc3)c(C(=O)Nc3nccs3)[nH]2)cc1. The molecular formula is C19H16N6OS. The number of nitrogens with one attached hydrogen (secondary N) is 2. The van der Waals surface area contributed by atoms with Crippen LogP contribution in [0.2, 0.25) is 0 Å². The van der Waals surface area contributed by atoms with Crippen LogP contribution in [0.1, 0.15) is 10.5 Å². The second-order valence-electron chi connectivity index (χ2n) is 5.84. The Kier molecular flexibility index (Phi) is 4.31. The number of anilines is 3. The second kappa shape index (κ2) is 6.93. The van der Waals surface area contributed by atoms with E-state index in [4.69, 9.17) is 11.5 Å². The summed E-state index contributed by atoms with van der Waals surface area (Å²) in [5.74, 6) is 0.261. The Morgan fingerprint density at radius 2 is 1.59 bits per heavy atom. The summed E-state index contributed by atoms with van der Waals surface area (Å²) in [6.45, 7) is 0. The molecular weight excluding hydrogens is 360 g/mol. The van der Waals surface area contributed by atoms with Crippen LogP contribution in [-0.4, -0.2) is 20.9 Å². The minimum absolute atomic E-state index is 0.314. The van der Waals surface area contributed by atoms with Crippen molar-refractivity contribution in [3.63, 3.8) is 0 Å². The van der Waals surface area contributed by atoms with Crippen LogP contribution >= 0.6 is 11.3 Å². The zero-order chi connectivity index (χ0) is 18.8. The minimum atomic E-state index is -0.314. The van der Waals surface area contributed by atoms with Gasteiger partial charge in [0.2, 0.25) is 0 Å². The zero-order valence-corrected chi connectivity index (χ0v) is 15.0. The van der Waals surface area contributed by atoms with Crippen LogP contribution in [0.3, 0.4) is 0 Å². The molecule has 2 heterocycles. The number of amides is 1. The quantitative estimate of drug-likeness (QED) is 0.405. The van der Waals surface area contributed by atoms with E-state index >= 15 is 0 Å². The monoisotopic (exact) mass is 376 g/mol. The topological polar surface area (TPSA) is 123 Å². The third-order valence-corrected chi connectivity index (χ3v) is 4.64. The van der Waals surface area contributed by atoms with Gasteiger partial charge in [0.15, 0.2) is 5.13 Å². The molecule has 0 aliphatic carbocycles. The summed E-state index contributed by atoms with van der Waals surface area (Å²) in [4.78, 5) is 24.7. The normalized spacial score (nSPS) is 10.7. The number of carbonyl (C=O) groups is 1. The first-order chi connectivity index (χ1) is 13.1. The summed E-state index contributed by atoms with van der Waals surface area (Å²) in [5, 5.41) is 5.10. The molecule has 0 bridgehead atoms. The first-order valence-electron chi connectivity index (χ1n) is 8.13. The van der Waals surface area contributed by atoms with Crippen LogP contribution in [0, 0.1) is 0 Å². The van der Waals surface area contributed by atoms with Crippen molar-refractivity contribution in [2.45, 2.75) is 0 Å². The number of carbonyl (C=O) groups excluding carboxylic acids is 1. The molecule has 8 heteroatoms. The molecule has 27 heavy (non-hydrogen) atoms. The third-order valence-electron chi connectivity index (χ3n) is 3.95. The van der Waals surface area contributed by atoms with E-state index in [-0.39, 0.29) is 5.91 Å². The van der Waals surface area contributed by atoms with Crippen LogP contribution in [0.4, 0.5) is 16.5 Å². The molecule has 0 aliphatic rings. The van der Waals surface area contributed by atoms with Crippen LogP contribution in [0.25, 0.3) is 22.6 Å². The van der Waals surface area contributed by atoms with Gasteiger partial charge in [-0.15, -0.1) is 11.3 Å². The van der Waals surface area contributed by atoms with Gasteiger partial charge in [-0.2, -0.15) is 0 Å². The largest absolute Gasteiger partial charge is 0.399 e. The highest BCUT2D eigenvalue weighted by atomic mass is 32.1. The Bertz CT molecular complexity index is 1070.